The van der Waals surface area contributed by atoms with Crippen molar-refractivity contribution in [2.24, 2.45) is 0 Å². The number of benzene rings is 2. The van der Waals surface area contributed by atoms with Crippen molar-refractivity contribution in [1.82, 2.24) is 24.0 Å². The lowest BCUT2D eigenvalue weighted by Crippen LogP contribution is -2.41. The number of nitrogens with zero attached hydrogens (tertiary/aromatic N) is 4. The molecule has 2 aromatic carbocycles. The molecule has 2 aromatic heterocycles. The van der Waals surface area contributed by atoms with Crippen molar-refractivity contribution in [3.8, 4) is 0 Å². The van der Waals surface area contributed by atoms with Crippen LogP contribution in [0.25, 0.3) is 11.2 Å². The van der Waals surface area contributed by atoms with Gasteiger partial charge >= 0.3 is 5.69 Å². The molecule has 0 fully saturated rings. The van der Waals surface area contributed by atoms with Crippen molar-refractivity contribution in [2.75, 3.05) is 18.8 Å². The van der Waals surface area contributed by atoms with E-state index in [2.05, 4.69) is 30.4 Å². The van der Waals surface area contributed by atoms with Gasteiger partial charge in [0.25, 0.3) is 5.56 Å². The van der Waals surface area contributed by atoms with E-state index in [1.807, 2.05) is 47.9 Å². The van der Waals surface area contributed by atoms with Gasteiger partial charge in [-0.2, -0.15) is 0 Å². The number of anilines is 1. The summed E-state index contributed by atoms with van der Waals surface area (Å²) in [5.74, 6) is 0.804. The highest BCUT2D eigenvalue weighted by atomic mass is 16.2. The molecule has 0 radical (unpaired) electrons. The van der Waals surface area contributed by atoms with Crippen LogP contribution in [0.5, 0.6) is 0 Å². The molecular formula is C29H38N6O2. The fourth-order valence-corrected chi connectivity index (χ4v) is 4.83. The summed E-state index contributed by atoms with van der Waals surface area (Å²) < 4.78 is 5.12. The molecule has 0 amide bonds. The zero-order valence-electron chi connectivity index (χ0n) is 21.9. The van der Waals surface area contributed by atoms with E-state index in [1.165, 1.54) is 10.1 Å². The Bertz CT molecular complexity index is 1430. The first kappa shape index (κ1) is 26.4. The Morgan fingerprint density at radius 3 is 2.38 bits per heavy atom. The maximum absolute atomic E-state index is 13.6. The molecule has 0 atom stereocenters. The van der Waals surface area contributed by atoms with E-state index in [1.54, 1.807) is 4.57 Å². The third-order valence-electron chi connectivity index (χ3n) is 6.66. The molecule has 0 aliphatic rings. The Labute approximate surface area is 217 Å². The van der Waals surface area contributed by atoms with Crippen molar-refractivity contribution in [2.45, 2.75) is 65.6 Å². The maximum atomic E-state index is 13.6. The first-order chi connectivity index (χ1) is 18.0. The highest BCUT2D eigenvalue weighted by molar-refractivity contribution is 5.71. The summed E-state index contributed by atoms with van der Waals surface area (Å²) in [6.07, 6.45) is 3.89. The first-order valence-electron chi connectivity index (χ1n) is 13.3. The monoisotopic (exact) mass is 502 g/mol. The van der Waals surface area contributed by atoms with E-state index in [-0.39, 0.29) is 11.2 Å². The van der Waals surface area contributed by atoms with E-state index in [0.29, 0.717) is 43.6 Å². The maximum Gasteiger partial charge on any atom is 0.332 e. The standard InChI is InChI=1S/C29H38N6O2/c1-3-17-35-28(36)26-27(34(29(35)37)18-9-8-13-22-14-10-15-24(30)20-22)32-25(33(26)19-16-31-4-2)21-23-11-6-5-7-12-23/h5-7,10-12,14-15,20,31H,3-4,8-9,13,16-19,21,30H2,1-2H3. The molecule has 0 aliphatic heterocycles. The van der Waals surface area contributed by atoms with E-state index in [0.717, 1.165) is 49.4 Å². The van der Waals surface area contributed by atoms with Gasteiger partial charge in [-0.15, -0.1) is 0 Å². The highest BCUT2D eigenvalue weighted by Crippen LogP contribution is 2.17. The molecule has 0 unspecified atom stereocenters. The van der Waals surface area contributed by atoms with Gasteiger partial charge in [-0.25, -0.2) is 9.78 Å². The number of unbranched alkanes of at least 4 members (excludes halogenated alkanes) is 1. The van der Waals surface area contributed by atoms with Gasteiger partial charge in [-0.3, -0.25) is 13.9 Å². The molecule has 2 heterocycles. The van der Waals surface area contributed by atoms with Crippen LogP contribution in [0.3, 0.4) is 0 Å². The number of rotatable bonds is 13. The fraction of sp³-hybridized carbons (Fsp3) is 0.414. The molecule has 196 valence electrons. The number of aromatic nitrogens is 4. The largest absolute Gasteiger partial charge is 0.399 e. The minimum atomic E-state index is -0.272. The Hall–Kier alpha value is -3.65. The smallest absolute Gasteiger partial charge is 0.332 e. The number of aryl methyl sites for hydroxylation is 2. The Morgan fingerprint density at radius 1 is 0.865 bits per heavy atom. The molecule has 4 aromatic rings. The average Bonchev–Trinajstić information content (AvgIpc) is 3.24. The summed E-state index contributed by atoms with van der Waals surface area (Å²) in [5.41, 5.74) is 9.48. The van der Waals surface area contributed by atoms with Crippen LogP contribution in [-0.4, -0.2) is 31.8 Å². The molecular weight excluding hydrogens is 464 g/mol. The number of nitrogen functional groups attached to an aromatic ring is 1. The number of likely N-dealkylation sites (N-methyl/N-ethyl adjacent to an activating group) is 1. The van der Waals surface area contributed by atoms with Crippen molar-refractivity contribution in [3.05, 3.63) is 92.4 Å². The molecule has 4 rings (SSSR count). The van der Waals surface area contributed by atoms with Gasteiger partial charge in [0.15, 0.2) is 11.2 Å². The second-order valence-electron chi connectivity index (χ2n) is 9.46. The zero-order chi connectivity index (χ0) is 26.2. The minimum absolute atomic E-state index is 0.249. The first-order valence-corrected chi connectivity index (χ1v) is 13.3. The fourth-order valence-electron chi connectivity index (χ4n) is 4.83. The van der Waals surface area contributed by atoms with E-state index < -0.39 is 0 Å². The highest BCUT2D eigenvalue weighted by Gasteiger charge is 2.21. The van der Waals surface area contributed by atoms with Crippen molar-refractivity contribution < 1.29 is 0 Å². The summed E-state index contributed by atoms with van der Waals surface area (Å²) in [7, 11) is 0. The van der Waals surface area contributed by atoms with Crippen LogP contribution in [0.4, 0.5) is 5.69 Å². The van der Waals surface area contributed by atoms with E-state index >= 15 is 0 Å². The van der Waals surface area contributed by atoms with Gasteiger partial charge in [0.2, 0.25) is 0 Å². The number of nitrogens with one attached hydrogen (secondary N) is 1. The summed E-state index contributed by atoms with van der Waals surface area (Å²) in [4.78, 5) is 32.0. The van der Waals surface area contributed by atoms with Gasteiger partial charge in [0, 0.05) is 38.3 Å². The van der Waals surface area contributed by atoms with Crippen LogP contribution < -0.4 is 22.3 Å². The van der Waals surface area contributed by atoms with E-state index in [4.69, 9.17) is 10.7 Å². The van der Waals surface area contributed by atoms with E-state index in [9.17, 15) is 9.59 Å². The second kappa shape index (κ2) is 12.5. The Kier molecular flexibility index (Phi) is 8.95. The molecule has 3 N–H and O–H groups in total. The second-order valence-corrected chi connectivity index (χ2v) is 9.46. The molecule has 0 saturated carbocycles. The predicted octanol–water partition coefficient (Wildman–Crippen LogP) is 3.58. The lowest BCUT2D eigenvalue weighted by atomic mass is 10.1. The molecule has 8 heteroatoms. The van der Waals surface area contributed by atoms with Crippen molar-refractivity contribution >= 4 is 16.9 Å². The molecule has 0 spiro atoms. The van der Waals surface area contributed by atoms with Crippen LogP contribution in [0.1, 0.15) is 50.1 Å². The topological polar surface area (TPSA) is 99.9 Å². The molecule has 0 saturated heterocycles. The normalized spacial score (nSPS) is 11.4. The van der Waals surface area contributed by atoms with Gasteiger partial charge in [-0.1, -0.05) is 56.3 Å². The molecule has 8 nitrogen and oxygen atoms in total. The summed E-state index contributed by atoms with van der Waals surface area (Å²) in [6.45, 7) is 7.12. The summed E-state index contributed by atoms with van der Waals surface area (Å²) >= 11 is 0. The summed E-state index contributed by atoms with van der Waals surface area (Å²) in [6, 6.07) is 18.0. The number of nitrogens with two attached hydrogens (primary N) is 1. The van der Waals surface area contributed by atoms with Crippen LogP contribution in [-0.2, 0) is 32.5 Å². The molecule has 37 heavy (non-hydrogen) atoms. The van der Waals surface area contributed by atoms with Gasteiger partial charge in [0.05, 0.1) is 0 Å². The third-order valence-corrected chi connectivity index (χ3v) is 6.66. The van der Waals surface area contributed by atoms with Gasteiger partial charge in [0.1, 0.15) is 5.82 Å². The van der Waals surface area contributed by atoms with Crippen LogP contribution in [0, 0.1) is 0 Å². The SMILES string of the molecule is CCCn1c(=O)c2c(nc(Cc3ccccc3)n2CCNCC)n(CCCCc2cccc(N)c2)c1=O. The van der Waals surface area contributed by atoms with Crippen LogP contribution in [0.2, 0.25) is 0 Å². The molecule has 0 aliphatic carbocycles. The number of hydrogen-bond acceptors (Lipinski definition) is 5. The predicted molar refractivity (Wildman–Crippen MR) is 150 cm³/mol. The number of hydrogen-bond donors (Lipinski definition) is 2. The Balaban J connectivity index is 1.73. The Morgan fingerprint density at radius 2 is 1.65 bits per heavy atom. The molecule has 0 bridgehead atoms. The number of imidazole rings is 1. The van der Waals surface area contributed by atoms with Crippen LogP contribution in [0.15, 0.2) is 64.2 Å². The van der Waals surface area contributed by atoms with Gasteiger partial charge in [-0.05, 0) is 55.5 Å². The quantitative estimate of drug-likeness (QED) is 0.215. The lowest BCUT2D eigenvalue weighted by molar-refractivity contribution is 0.534. The number of fused-ring (bicyclic) bond motifs is 1. The van der Waals surface area contributed by atoms with Crippen molar-refractivity contribution in [3.63, 3.8) is 0 Å². The zero-order valence-corrected chi connectivity index (χ0v) is 21.9. The van der Waals surface area contributed by atoms with Gasteiger partial charge < -0.3 is 15.6 Å². The minimum Gasteiger partial charge on any atom is -0.399 e. The lowest BCUT2D eigenvalue weighted by Gasteiger charge is -2.13. The average molecular weight is 503 g/mol. The van der Waals surface area contributed by atoms with Crippen LogP contribution >= 0.6 is 0 Å². The summed E-state index contributed by atoms with van der Waals surface area (Å²) in [5, 5.41) is 3.35. The van der Waals surface area contributed by atoms with Crippen molar-refractivity contribution in [1.29, 1.82) is 0 Å². The third kappa shape index (κ3) is 6.20.